The summed E-state index contributed by atoms with van der Waals surface area (Å²) in [4.78, 5) is 15.5. The number of rotatable bonds is 5. The van der Waals surface area contributed by atoms with E-state index >= 15 is 0 Å². The molecule has 7 heteroatoms. The lowest BCUT2D eigenvalue weighted by Gasteiger charge is -2.44. The highest BCUT2D eigenvalue weighted by Crippen LogP contribution is 2.37. The molecule has 2 aromatic rings. The molecule has 1 aliphatic heterocycles. The molecule has 0 saturated carbocycles. The third-order valence-electron chi connectivity index (χ3n) is 6.08. The molecule has 0 aromatic heterocycles. The second-order valence-electron chi connectivity index (χ2n) is 8.54. The van der Waals surface area contributed by atoms with Gasteiger partial charge in [-0.25, -0.2) is 0 Å². The molecule has 1 heterocycles. The molecule has 1 amide bonds. The van der Waals surface area contributed by atoms with Gasteiger partial charge in [-0.05, 0) is 57.5 Å². The quantitative estimate of drug-likeness (QED) is 0.562. The number of amides is 1. The van der Waals surface area contributed by atoms with Crippen LogP contribution in [0.5, 0.6) is 0 Å². The van der Waals surface area contributed by atoms with Crippen LogP contribution in [0.3, 0.4) is 0 Å². The summed E-state index contributed by atoms with van der Waals surface area (Å²) in [6, 6.07) is 12.5. The molecule has 0 radical (unpaired) electrons. The zero-order valence-corrected chi connectivity index (χ0v) is 18.6. The Balaban J connectivity index is 1.96. The van der Waals surface area contributed by atoms with Crippen molar-refractivity contribution in [3.63, 3.8) is 0 Å². The topological polar surface area (TPSA) is 32.3 Å². The van der Waals surface area contributed by atoms with Gasteiger partial charge in [-0.15, -0.1) is 0 Å². The molecule has 1 N–H and O–H groups in total. The van der Waals surface area contributed by atoms with Crippen molar-refractivity contribution in [1.82, 2.24) is 10.2 Å². The van der Waals surface area contributed by atoms with E-state index in [1.54, 1.807) is 0 Å². The van der Waals surface area contributed by atoms with Crippen molar-refractivity contribution in [3.8, 4) is 0 Å². The minimum Gasteiger partial charge on any atom is -0.343 e. The van der Waals surface area contributed by atoms with E-state index in [1.165, 1.54) is 25.0 Å². The van der Waals surface area contributed by atoms with Crippen molar-refractivity contribution in [2.24, 2.45) is 0 Å². The molecule has 168 valence electrons. The van der Waals surface area contributed by atoms with E-state index in [1.807, 2.05) is 30.3 Å². The van der Waals surface area contributed by atoms with Gasteiger partial charge in [0.1, 0.15) is 0 Å². The Labute approximate surface area is 186 Å². The van der Waals surface area contributed by atoms with E-state index in [9.17, 15) is 18.0 Å². The molecule has 1 unspecified atom stereocenters. The van der Waals surface area contributed by atoms with Crippen LogP contribution < -0.4 is 5.32 Å². The Hall–Kier alpha value is -2.05. The maximum absolute atomic E-state index is 13.3. The average Bonchev–Trinajstić information content (AvgIpc) is 3.02. The van der Waals surface area contributed by atoms with Crippen LogP contribution in [0.1, 0.15) is 67.1 Å². The molecule has 0 spiro atoms. The first-order valence-electron chi connectivity index (χ1n) is 10.6. The molecule has 0 aliphatic carbocycles. The third-order valence-corrected chi connectivity index (χ3v) is 6.49. The maximum Gasteiger partial charge on any atom is 0.417 e. The molecule has 31 heavy (non-hydrogen) atoms. The lowest BCUT2D eigenvalue weighted by Crippen LogP contribution is -2.54. The van der Waals surface area contributed by atoms with E-state index in [0.717, 1.165) is 37.6 Å². The summed E-state index contributed by atoms with van der Waals surface area (Å²) in [5.74, 6) is -0.618. The van der Waals surface area contributed by atoms with Gasteiger partial charge in [-0.2, -0.15) is 13.2 Å². The molecular formula is C24H28ClF3N2O. The van der Waals surface area contributed by atoms with Gasteiger partial charge in [0.15, 0.2) is 0 Å². The van der Waals surface area contributed by atoms with Gasteiger partial charge in [-0.1, -0.05) is 60.8 Å². The lowest BCUT2D eigenvalue weighted by atomic mass is 9.86. The fourth-order valence-corrected chi connectivity index (χ4v) is 4.60. The number of nitrogens with zero attached hydrogens (tertiary/aromatic N) is 1. The Morgan fingerprint density at radius 2 is 1.58 bits per heavy atom. The van der Waals surface area contributed by atoms with E-state index in [-0.39, 0.29) is 5.56 Å². The van der Waals surface area contributed by atoms with Crippen molar-refractivity contribution in [2.75, 3.05) is 13.1 Å². The van der Waals surface area contributed by atoms with E-state index in [4.69, 9.17) is 11.6 Å². The maximum atomic E-state index is 13.3. The monoisotopic (exact) mass is 452 g/mol. The zero-order chi connectivity index (χ0) is 22.6. The summed E-state index contributed by atoms with van der Waals surface area (Å²) < 4.78 is 39.8. The first-order chi connectivity index (χ1) is 14.6. The second kappa shape index (κ2) is 9.61. The highest BCUT2D eigenvalue weighted by atomic mass is 35.5. The van der Waals surface area contributed by atoms with Gasteiger partial charge in [0.05, 0.1) is 22.2 Å². The highest BCUT2D eigenvalue weighted by Gasteiger charge is 2.39. The van der Waals surface area contributed by atoms with Crippen LogP contribution in [-0.2, 0) is 6.18 Å². The molecule has 3 nitrogen and oxygen atoms in total. The molecular weight excluding hydrogens is 425 g/mol. The largest absolute Gasteiger partial charge is 0.417 e. The predicted octanol–water partition coefficient (Wildman–Crippen LogP) is 6.48. The van der Waals surface area contributed by atoms with Crippen LogP contribution in [0.25, 0.3) is 0 Å². The van der Waals surface area contributed by atoms with Crippen molar-refractivity contribution >= 4 is 17.5 Å². The SMILES string of the molecule is CC(C)(C(NC(=O)c1cccc(C(F)(F)F)c1Cl)c1ccccc1)N1CCCCCC1. The van der Waals surface area contributed by atoms with E-state index in [0.29, 0.717) is 0 Å². The van der Waals surface area contributed by atoms with E-state index in [2.05, 4.69) is 24.1 Å². The third kappa shape index (κ3) is 5.42. The summed E-state index contributed by atoms with van der Waals surface area (Å²) >= 11 is 6.01. The molecule has 1 fully saturated rings. The minimum absolute atomic E-state index is 0.177. The lowest BCUT2D eigenvalue weighted by molar-refractivity contribution is -0.137. The number of nitrogens with one attached hydrogen (secondary N) is 1. The summed E-state index contributed by atoms with van der Waals surface area (Å²) in [6.07, 6.45) is -0.113. The number of halogens is 4. The van der Waals surface area contributed by atoms with Gasteiger partial charge in [0.2, 0.25) is 0 Å². The van der Waals surface area contributed by atoms with Crippen molar-refractivity contribution in [1.29, 1.82) is 0 Å². The zero-order valence-electron chi connectivity index (χ0n) is 17.8. The molecule has 3 rings (SSSR count). The summed E-state index contributed by atoms with van der Waals surface area (Å²) in [7, 11) is 0. The van der Waals surface area contributed by atoms with Gasteiger partial charge >= 0.3 is 6.18 Å². The van der Waals surface area contributed by atoms with E-state index < -0.39 is 34.3 Å². The molecule has 1 saturated heterocycles. The predicted molar refractivity (Wildman–Crippen MR) is 117 cm³/mol. The van der Waals surface area contributed by atoms with Crippen LogP contribution >= 0.6 is 11.6 Å². The summed E-state index contributed by atoms with van der Waals surface area (Å²) in [5, 5.41) is 2.42. The smallest absolute Gasteiger partial charge is 0.343 e. The second-order valence-corrected chi connectivity index (χ2v) is 8.91. The first-order valence-corrected chi connectivity index (χ1v) is 11.0. The summed E-state index contributed by atoms with van der Waals surface area (Å²) in [5.41, 5.74) is -0.739. The van der Waals surface area contributed by atoms with Gasteiger partial charge in [0, 0.05) is 5.54 Å². The van der Waals surface area contributed by atoms with Crippen LogP contribution in [-0.4, -0.2) is 29.4 Å². The fraction of sp³-hybridized carbons (Fsp3) is 0.458. The highest BCUT2D eigenvalue weighted by molar-refractivity contribution is 6.34. The number of likely N-dealkylation sites (tertiary alicyclic amines) is 1. The number of carbonyl (C=O) groups is 1. The molecule has 2 aromatic carbocycles. The summed E-state index contributed by atoms with van der Waals surface area (Å²) in [6.45, 7) is 5.97. The molecule has 0 bridgehead atoms. The van der Waals surface area contributed by atoms with Gasteiger partial charge in [-0.3, -0.25) is 9.69 Å². The van der Waals surface area contributed by atoms with Crippen molar-refractivity contribution < 1.29 is 18.0 Å². The van der Waals surface area contributed by atoms with Crippen LogP contribution in [0, 0.1) is 0 Å². The van der Waals surface area contributed by atoms with Crippen molar-refractivity contribution in [2.45, 2.75) is 57.3 Å². The van der Waals surface area contributed by atoms with Crippen LogP contribution in [0.4, 0.5) is 13.2 Å². The Morgan fingerprint density at radius 3 is 2.16 bits per heavy atom. The number of carbonyl (C=O) groups excluding carboxylic acids is 1. The standard InChI is InChI=1S/C24H28ClF3N2O/c1-23(2,30-15-8-3-4-9-16-30)21(17-11-6-5-7-12-17)29-22(31)18-13-10-14-19(20(18)25)24(26,27)28/h5-7,10-14,21H,3-4,8-9,15-16H2,1-2H3,(H,29,31). The Morgan fingerprint density at radius 1 is 0.968 bits per heavy atom. The number of alkyl halides is 3. The van der Waals surface area contributed by atoms with Crippen LogP contribution in [0.2, 0.25) is 5.02 Å². The Bertz CT molecular complexity index is 891. The number of benzene rings is 2. The minimum atomic E-state index is -4.63. The average molecular weight is 453 g/mol. The van der Waals surface area contributed by atoms with Gasteiger partial charge < -0.3 is 5.32 Å². The molecule has 1 atom stereocenters. The molecule has 1 aliphatic rings. The van der Waals surface area contributed by atoms with Gasteiger partial charge in [0.25, 0.3) is 5.91 Å². The normalized spacial score (nSPS) is 17.1. The number of hydrogen-bond donors (Lipinski definition) is 1. The van der Waals surface area contributed by atoms with Crippen LogP contribution in [0.15, 0.2) is 48.5 Å². The Kier molecular flexibility index (Phi) is 7.32. The fourth-order valence-electron chi connectivity index (χ4n) is 4.28. The number of hydrogen-bond acceptors (Lipinski definition) is 2. The first kappa shape index (κ1) is 23.6. The van der Waals surface area contributed by atoms with Crippen molar-refractivity contribution in [3.05, 3.63) is 70.2 Å².